The van der Waals surface area contributed by atoms with Gasteiger partial charge in [0.1, 0.15) is 5.76 Å². The van der Waals surface area contributed by atoms with E-state index in [0.29, 0.717) is 5.76 Å². The molecule has 0 unspecified atom stereocenters. The van der Waals surface area contributed by atoms with E-state index in [9.17, 15) is 4.79 Å². The first-order valence-electron chi connectivity index (χ1n) is 1.82. The topological polar surface area (TPSA) is 26.3 Å². The summed E-state index contributed by atoms with van der Waals surface area (Å²) in [6, 6.07) is 0. The summed E-state index contributed by atoms with van der Waals surface area (Å²) in [5.74, 6) is 1.91. The van der Waals surface area contributed by atoms with Crippen molar-refractivity contribution in [3.05, 3.63) is 11.5 Å². The molecule has 0 amide bonds. The fourth-order valence-electron chi connectivity index (χ4n) is 0.123. The molecule has 0 aliphatic carbocycles. The van der Waals surface area contributed by atoms with Crippen LogP contribution in [-0.4, -0.2) is 13.1 Å². The van der Waals surface area contributed by atoms with Crippen LogP contribution in [0.2, 0.25) is 0 Å². The number of hydrogen-bond donors (Lipinski definition) is 0. The highest BCUT2D eigenvalue weighted by Gasteiger charge is 1.73. The maximum absolute atomic E-state index is 9.44. The molecule has 0 spiro atoms. The van der Waals surface area contributed by atoms with Gasteiger partial charge >= 0.3 is 0 Å². The van der Waals surface area contributed by atoms with Crippen LogP contribution in [0.3, 0.4) is 0 Å². The minimum absolute atomic E-state index is 0.454. The monoisotopic (exact) mass is 98.0 g/mol. The summed E-state index contributed by atoms with van der Waals surface area (Å²) in [7, 11) is 1.47. The summed E-state index contributed by atoms with van der Waals surface area (Å²) >= 11 is 0. The molecule has 0 atom stereocenters. The van der Waals surface area contributed by atoms with Crippen LogP contribution >= 0.6 is 0 Å². The molecule has 0 saturated carbocycles. The molecule has 0 radical (unpaired) electrons. The molecule has 2 nitrogen and oxygen atoms in total. The van der Waals surface area contributed by atoms with Gasteiger partial charge < -0.3 is 4.74 Å². The molecule has 0 aromatic heterocycles. The molecule has 38 valence electrons. The van der Waals surface area contributed by atoms with Gasteiger partial charge in [-0.2, -0.15) is 0 Å². The lowest BCUT2D eigenvalue weighted by Gasteiger charge is -1.87. The van der Waals surface area contributed by atoms with Crippen molar-refractivity contribution in [2.45, 2.75) is 6.92 Å². The number of allylic oxidation sites excluding steroid dienone is 1. The van der Waals surface area contributed by atoms with Crippen LogP contribution in [-0.2, 0) is 9.53 Å². The van der Waals surface area contributed by atoms with Gasteiger partial charge in [-0.25, -0.2) is 4.79 Å². The van der Waals surface area contributed by atoms with Crippen molar-refractivity contribution in [3.63, 3.8) is 0 Å². The Balaban J connectivity index is 4.01. The van der Waals surface area contributed by atoms with Gasteiger partial charge in [-0.15, -0.1) is 0 Å². The Morgan fingerprint density at radius 1 is 1.71 bits per heavy atom. The van der Waals surface area contributed by atoms with Crippen molar-refractivity contribution < 1.29 is 9.53 Å². The lowest BCUT2D eigenvalue weighted by molar-refractivity contribution is 0.295. The van der Waals surface area contributed by atoms with E-state index >= 15 is 0 Å². The minimum Gasteiger partial charge on any atom is -0.493 e. The van der Waals surface area contributed by atoms with E-state index in [1.807, 2.05) is 0 Å². The van der Waals surface area contributed by atoms with Crippen LogP contribution in [0.1, 0.15) is 6.92 Å². The van der Waals surface area contributed by atoms with Gasteiger partial charge in [0.05, 0.1) is 7.11 Å². The van der Waals surface area contributed by atoms with Crippen molar-refractivity contribution in [3.8, 4) is 0 Å². The Labute approximate surface area is 42.1 Å². The van der Waals surface area contributed by atoms with Crippen molar-refractivity contribution in [2.75, 3.05) is 7.11 Å². The van der Waals surface area contributed by atoms with E-state index in [2.05, 4.69) is 10.5 Å². The van der Waals surface area contributed by atoms with Gasteiger partial charge in [-0.1, -0.05) is 0 Å². The third-order valence-corrected chi connectivity index (χ3v) is 0.533. The van der Waals surface area contributed by atoms with E-state index in [4.69, 9.17) is 0 Å². The largest absolute Gasteiger partial charge is 0.493 e. The molecule has 0 heterocycles. The maximum Gasteiger partial charge on any atom is 0.180 e. The molecule has 0 aliphatic heterocycles. The molecule has 2 heteroatoms. The lowest BCUT2D eigenvalue weighted by atomic mass is 10.6. The molecular formula is C5H6O2. The molecule has 0 aromatic rings. The summed E-state index contributed by atoms with van der Waals surface area (Å²) in [5.41, 5.74) is 2.18. The van der Waals surface area contributed by atoms with Gasteiger partial charge in [0.2, 0.25) is 0 Å². The second kappa shape index (κ2) is 3.23. The van der Waals surface area contributed by atoms with Crippen LogP contribution in [0.5, 0.6) is 0 Å². The van der Waals surface area contributed by atoms with E-state index in [0.717, 1.165) is 0 Å². The van der Waals surface area contributed by atoms with Crippen LogP contribution in [0.15, 0.2) is 11.5 Å². The third-order valence-electron chi connectivity index (χ3n) is 0.533. The fraction of sp³-hybridized carbons (Fsp3) is 0.400. The van der Waals surface area contributed by atoms with Crippen LogP contribution in [0.4, 0.5) is 0 Å². The smallest absolute Gasteiger partial charge is 0.180 e. The summed E-state index contributed by atoms with van der Waals surface area (Å²) in [6.07, 6.45) is 0. The normalized spacial score (nSPS) is 6.00. The summed E-state index contributed by atoms with van der Waals surface area (Å²) in [5, 5.41) is 0. The zero-order valence-electron chi connectivity index (χ0n) is 4.32. The van der Waals surface area contributed by atoms with E-state index in [-0.39, 0.29) is 0 Å². The zero-order valence-corrected chi connectivity index (χ0v) is 4.32. The molecule has 0 saturated heterocycles. The SMILES string of the molecule is COC(C)=C=C=O. The molecule has 0 aromatic carbocycles. The second-order valence-electron chi connectivity index (χ2n) is 0.987. The van der Waals surface area contributed by atoms with E-state index in [1.165, 1.54) is 13.1 Å². The Kier molecular flexibility index (Phi) is 2.78. The molecule has 7 heavy (non-hydrogen) atoms. The fourth-order valence-corrected chi connectivity index (χ4v) is 0.123. The third kappa shape index (κ3) is 2.84. The number of methoxy groups -OCH3 is 1. The molecular weight excluding hydrogens is 92.1 g/mol. The van der Waals surface area contributed by atoms with Gasteiger partial charge in [-0.3, -0.25) is 0 Å². The van der Waals surface area contributed by atoms with E-state index in [1.54, 1.807) is 6.92 Å². The predicted molar refractivity (Wildman–Crippen MR) is 25.4 cm³/mol. The quantitative estimate of drug-likeness (QED) is 0.271. The van der Waals surface area contributed by atoms with Crippen LogP contribution in [0.25, 0.3) is 0 Å². The average molecular weight is 98.1 g/mol. The Hall–Kier alpha value is -0.970. The number of hydrogen-bond acceptors (Lipinski definition) is 2. The first-order chi connectivity index (χ1) is 3.31. The van der Waals surface area contributed by atoms with Crippen molar-refractivity contribution in [1.29, 1.82) is 0 Å². The predicted octanol–water partition coefficient (Wildman–Crippen LogP) is 0.523. The Bertz CT molecular complexity index is 125. The number of carbonyl (C=O) groups excluding carboxylic acids is 1. The molecule has 0 fully saturated rings. The van der Waals surface area contributed by atoms with Crippen LogP contribution in [0, 0.1) is 0 Å². The van der Waals surface area contributed by atoms with Gasteiger partial charge in [0.15, 0.2) is 5.94 Å². The highest BCUT2D eigenvalue weighted by atomic mass is 16.5. The highest BCUT2D eigenvalue weighted by Crippen LogP contribution is 1.83. The zero-order chi connectivity index (χ0) is 5.70. The number of rotatable bonds is 1. The standard InChI is InChI=1S/C5H6O2/c1-5(7-2)3-4-6/h1-2H3. The molecule has 0 rings (SSSR count). The van der Waals surface area contributed by atoms with Gasteiger partial charge in [0.25, 0.3) is 0 Å². The highest BCUT2D eigenvalue weighted by molar-refractivity contribution is 5.44. The second-order valence-corrected chi connectivity index (χ2v) is 0.987. The van der Waals surface area contributed by atoms with Crippen LogP contribution < -0.4 is 0 Å². The van der Waals surface area contributed by atoms with Gasteiger partial charge in [-0.05, 0) is 0 Å². The maximum atomic E-state index is 9.44. The average Bonchev–Trinajstić information content (AvgIpc) is 1.68. The Morgan fingerprint density at radius 2 is 2.29 bits per heavy atom. The molecule has 0 N–H and O–H groups in total. The minimum atomic E-state index is 0.454. The van der Waals surface area contributed by atoms with Crippen molar-refractivity contribution in [1.82, 2.24) is 0 Å². The van der Waals surface area contributed by atoms with E-state index < -0.39 is 0 Å². The molecule has 0 bridgehead atoms. The number of ether oxygens (including phenoxy) is 1. The summed E-state index contributed by atoms with van der Waals surface area (Å²) in [6.45, 7) is 1.63. The summed E-state index contributed by atoms with van der Waals surface area (Å²) in [4.78, 5) is 9.44. The van der Waals surface area contributed by atoms with Crippen molar-refractivity contribution >= 4 is 5.94 Å². The van der Waals surface area contributed by atoms with Crippen molar-refractivity contribution in [2.24, 2.45) is 0 Å². The molecule has 0 aliphatic rings. The first-order valence-corrected chi connectivity index (χ1v) is 1.82. The first kappa shape index (κ1) is 6.03. The summed E-state index contributed by atoms with van der Waals surface area (Å²) < 4.78 is 4.53. The van der Waals surface area contributed by atoms with Gasteiger partial charge in [0, 0.05) is 12.7 Å². The lowest BCUT2D eigenvalue weighted by Crippen LogP contribution is -1.73. The Morgan fingerprint density at radius 3 is 2.43 bits per heavy atom.